The summed E-state index contributed by atoms with van der Waals surface area (Å²) in [6.45, 7) is -0.713. The molecular weight excluding hydrogens is 268 g/mol. The molecule has 0 aliphatic heterocycles. The van der Waals surface area contributed by atoms with E-state index in [1.165, 1.54) is 6.07 Å². The summed E-state index contributed by atoms with van der Waals surface area (Å²) in [5.74, 6) is -0.287. The van der Waals surface area contributed by atoms with Crippen molar-refractivity contribution in [3.63, 3.8) is 0 Å². The Kier molecular flexibility index (Phi) is 6.93. The average molecular weight is 287 g/mol. The molecule has 112 valence electrons. The lowest BCUT2D eigenvalue weighted by atomic mass is 10.1. The van der Waals surface area contributed by atoms with Crippen LogP contribution in [-0.4, -0.2) is 30.3 Å². The second-order valence-corrected chi connectivity index (χ2v) is 4.36. The Morgan fingerprint density at radius 1 is 1.40 bits per heavy atom. The van der Waals surface area contributed by atoms with Gasteiger partial charge in [-0.15, -0.1) is 0 Å². The summed E-state index contributed by atoms with van der Waals surface area (Å²) in [7, 11) is 0. The van der Waals surface area contributed by atoms with Crippen LogP contribution in [0.5, 0.6) is 5.75 Å². The highest BCUT2D eigenvalue weighted by atomic mass is 19.3. The zero-order valence-corrected chi connectivity index (χ0v) is 11.3. The smallest absolute Gasteiger partial charge is 0.387 e. The van der Waals surface area contributed by atoms with E-state index in [9.17, 15) is 18.7 Å². The highest BCUT2D eigenvalue weighted by Gasteiger charge is 2.12. The molecule has 6 heteroatoms. The Labute approximate surface area is 116 Å². The SMILES string of the molecule is CCC(O)CCNC(=O)Cc1ccccc1OC(F)F. The first-order chi connectivity index (χ1) is 9.52. The summed E-state index contributed by atoms with van der Waals surface area (Å²) in [6.07, 6.45) is 0.619. The quantitative estimate of drug-likeness (QED) is 0.770. The fourth-order valence-corrected chi connectivity index (χ4v) is 1.68. The van der Waals surface area contributed by atoms with E-state index in [0.29, 0.717) is 24.9 Å². The van der Waals surface area contributed by atoms with Crippen molar-refractivity contribution in [3.8, 4) is 5.75 Å². The summed E-state index contributed by atoms with van der Waals surface area (Å²) >= 11 is 0. The third-order valence-corrected chi connectivity index (χ3v) is 2.81. The summed E-state index contributed by atoms with van der Waals surface area (Å²) in [5.41, 5.74) is 0.404. The summed E-state index contributed by atoms with van der Waals surface area (Å²) in [5, 5.41) is 12.0. The number of amides is 1. The first-order valence-corrected chi connectivity index (χ1v) is 6.50. The van der Waals surface area contributed by atoms with Crippen LogP contribution < -0.4 is 10.1 Å². The Hall–Kier alpha value is -1.69. The number of aliphatic hydroxyl groups excluding tert-OH is 1. The maximum absolute atomic E-state index is 12.2. The number of halogens is 2. The molecule has 0 fully saturated rings. The Bertz CT molecular complexity index is 427. The predicted octanol–water partition coefficient (Wildman–Crippen LogP) is 2.11. The van der Waals surface area contributed by atoms with Gasteiger partial charge in [-0.3, -0.25) is 4.79 Å². The standard InChI is InChI=1S/C14H19F2NO3/c1-2-11(18)7-8-17-13(19)9-10-5-3-4-6-12(10)20-14(15)16/h3-6,11,14,18H,2,7-9H2,1H3,(H,17,19). The number of benzene rings is 1. The maximum atomic E-state index is 12.2. The number of rotatable bonds is 8. The van der Waals surface area contributed by atoms with Crippen molar-refractivity contribution in [2.24, 2.45) is 0 Å². The molecule has 0 aromatic heterocycles. The molecule has 1 aromatic rings. The number of carbonyl (C=O) groups excluding carboxylic acids is 1. The molecule has 2 N–H and O–H groups in total. The first-order valence-electron chi connectivity index (χ1n) is 6.50. The number of hydrogen-bond acceptors (Lipinski definition) is 3. The summed E-state index contributed by atoms with van der Waals surface area (Å²) in [4.78, 5) is 11.7. The Morgan fingerprint density at radius 3 is 2.75 bits per heavy atom. The maximum Gasteiger partial charge on any atom is 0.387 e. The van der Waals surface area contributed by atoms with Gasteiger partial charge in [0.2, 0.25) is 5.91 Å². The molecule has 0 saturated carbocycles. The lowest BCUT2D eigenvalue weighted by Crippen LogP contribution is -2.28. The first kappa shape index (κ1) is 16.4. The van der Waals surface area contributed by atoms with Crippen molar-refractivity contribution in [2.45, 2.75) is 38.9 Å². The monoisotopic (exact) mass is 287 g/mol. The van der Waals surface area contributed by atoms with E-state index < -0.39 is 12.7 Å². The van der Waals surface area contributed by atoms with Crippen LogP contribution in [0.3, 0.4) is 0 Å². The molecule has 1 atom stereocenters. The average Bonchev–Trinajstić information content (AvgIpc) is 2.40. The predicted molar refractivity (Wildman–Crippen MR) is 70.7 cm³/mol. The molecule has 4 nitrogen and oxygen atoms in total. The van der Waals surface area contributed by atoms with Crippen LogP contribution in [0.2, 0.25) is 0 Å². The lowest BCUT2D eigenvalue weighted by Gasteiger charge is -2.11. The van der Waals surface area contributed by atoms with Gasteiger partial charge in [0, 0.05) is 12.1 Å². The van der Waals surface area contributed by atoms with Gasteiger partial charge < -0.3 is 15.2 Å². The van der Waals surface area contributed by atoms with Crippen LogP contribution in [0.4, 0.5) is 8.78 Å². The second-order valence-electron chi connectivity index (χ2n) is 4.36. The van der Waals surface area contributed by atoms with Gasteiger partial charge >= 0.3 is 6.61 Å². The van der Waals surface area contributed by atoms with E-state index in [-0.39, 0.29) is 18.1 Å². The van der Waals surface area contributed by atoms with Crippen molar-refractivity contribution in [2.75, 3.05) is 6.54 Å². The summed E-state index contributed by atoms with van der Waals surface area (Å²) < 4.78 is 28.8. The largest absolute Gasteiger partial charge is 0.435 e. The zero-order valence-electron chi connectivity index (χ0n) is 11.3. The molecule has 1 aromatic carbocycles. The van der Waals surface area contributed by atoms with Gasteiger partial charge in [-0.25, -0.2) is 0 Å². The number of carbonyl (C=O) groups is 1. The lowest BCUT2D eigenvalue weighted by molar-refractivity contribution is -0.120. The number of para-hydroxylation sites is 1. The molecule has 1 amide bonds. The van der Waals surface area contributed by atoms with E-state index in [1.807, 2.05) is 6.92 Å². The van der Waals surface area contributed by atoms with Crippen LogP contribution in [-0.2, 0) is 11.2 Å². The molecule has 1 rings (SSSR count). The Balaban J connectivity index is 2.49. The third-order valence-electron chi connectivity index (χ3n) is 2.81. The Morgan fingerprint density at radius 2 is 2.10 bits per heavy atom. The fraction of sp³-hybridized carbons (Fsp3) is 0.500. The van der Waals surface area contributed by atoms with Crippen LogP contribution >= 0.6 is 0 Å². The van der Waals surface area contributed by atoms with E-state index in [2.05, 4.69) is 10.1 Å². The second kappa shape index (κ2) is 8.47. The van der Waals surface area contributed by atoms with E-state index in [1.54, 1.807) is 18.2 Å². The molecule has 0 heterocycles. The van der Waals surface area contributed by atoms with Gasteiger partial charge in [-0.2, -0.15) is 8.78 Å². The minimum Gasteiger partial charge on any atom is -0.435 e. The molecule has 20 heavy (non-hydrogen) atoms. The molecule has 0 bridgehead atoms. The van der Waals surface area contributed by atoms with E-state index in [4.69, 9.17) is 0 Å². The van der Waals surface area contributed by atoms with Crippen molar-refractivity contribution >= 4 is 5.91 Å². The molecule has 0 saturated heterocycles. The minimum atomic E-state index is -2.92. The van der Waals surface area contributed by atoms with Crippen LogP contribution in [0.15, 0.2) is 24.3 Å². The van der Waals surface area contributed by atoms with Crippen molar-refractivity contribution in [3.05, 3.63) is 29.8 Å². The normalized spacial score (nSPS) is 12.2. The van der Waals surface area contributed by atoms with Gasteiger partial charge in [0.25, 0.3) is 0 Å². The van der Waals surface area contributed by atoms with Gasteiger partial charge in [-0.1, -0.05) is 25.1 Å². The highest BCUT2D eigenvalue weighted by Crippen LogP contribution is 2.20. The molecule has 0 aliphatic carbocycles. The summed E-state index contributed by atoms with van der Waals surface area (Å²) in [6, 6.07) is 6.19. The number of nitrogens with one attached hydrogen (secondary N) is 1. The van der Waals surface area contributed by atoms with Crippen LogP contribution in [0.1, 0.15) is 25.3 Å². The van der Waals surface area contributed by atoms with E-state index >= 15 is 0 Å². The van der Waals surface area contributed by atoms with Gasteiger partial charge in [0.15, 0.2) is 0 Å². The van der Waals surface area contributed by atoms with Crippen molar-refractivity contribution < 1.29 is 23.4 Å². The van der Waals surface area contributed by atoms with Gasteiger partial charge in [-0.05, 0) is 18.9 Å². The molecular formula is C14H19F2NO3. The third kappa shape index (κ3) is 5.97. The van der Waals surface area contributed by atoms with Crippen LogP contribution in [0.25, 0.3) is 0 Å². The number of hydrogen-bond donors (Lipinski definition) is 2. The van der Waals surface area contributed by atoms with Gasteiger partial charge in [0.05, 0.1) is 12.5 Å². The number of aliphatic hydroxyl groups is 1. The number of alkyl halides is 2. The highest BCUT2D eigenvalue weighted by molar-refractivity contribution is 5.79. The van der Waals surface area contributed by atoms with Crippen molar-refractivity contribution in [1.82, 2.24) is 5.32 Å². The molecule has 0 aliphatic rings. The van der Waals surface area contributed by atoms with Crippen LogP contribution in [0, 0.1) is 0 Å². The zero-order chi connectivity index (χ0) is 15.0. The van der Waals surface area contributed by atoms with Crippen molar-refractivity contribution in [1.29, 1.82) is 0 Å². The number of ether oxygens (including phenoxy) is 1. The minimum absolute atomic E-state index is 0.00578. The van der Waals surface area contributed by atoms with Gasteiger partial charge in [0.1, 0.15) is 5.75 Å². The molecule has 0 radical (unpaired) electrons. The molecule has 1 unspecified atom stereocenters. The topological polar surface area (TPSA) is 58.6 Å². The fourth-order valence-electron chi connectivity index (χ4n) is 1.68. The molecule has 0 spiro atoms. The van der Waals surface area contributed by atoms with E-state index in [0.717, 1.165) is 0 Å².